The molecule has 2 aromatic carbocycles. The fraction of sp³-hybridized carbons (Fsp3) is 0.100. The summed E-state index contributed by atoms with van der Waals surface area (Å²) in [7, 11) is 1.64. The summed E-state index contributed by atoms with van der Waals surface area (Å²) in [5.41, 5.74) is 4.26. The van der Waals surface area contributed by atoms with Crippen LogP contribution in [0.25, 0.3) is 32.7 Å². The summed E-state index contributed by atoms with van der Waals surface area (Å²) in [5.74, 6) is 1.04. The molecule has 29 heavy (non-hydrogen) atoms. The number of fused-ring (bicyclic) bond motifs is 5. The molecular weight excluding hydrogens is 422 g/mol. The zero-order valence-electron chi connectivity index (χ0n) is 15.2. The third-order valence-corrected chi connectivity index (χ3v) is 6.69. The number of thiazole rings is 1. The van der Waals surface area contributed by atoms with Crippen LogP contribution in [-0.2, 0) is 0 Å². The standard InChI is InChI=1S/C20H13N5OS3/c1-26-13-6-4-5-12(11-13)24-18-16(29-20(24)27)17-22-14-7-2-3-8-15(14)25(17)19(23-18)28-10-9-21/h2-8,11H,10H2,1H3. The number of thioether (sulfide) groups is 1. The van der Waals surface area contributed by atoms with Crippen molar-refractivity contribution in [2.45, 2.75) is 5.16 Å². The van der Waals surface area contributed by atoms with E-state index in [2.05, 4.69) is 6.07 Å². The molecule has 0 fully saturated rings. The van der Waals surface area contributed by atoms with E-state index in [0.717, 1.165) is 38.5 Å². The number of nitriles is 1. The van der Waals surface area contributed by atoms with Gasteiger partial charge in [-0.05, 0) is 36.5 Å². The van der Waals surface area contributed by atoms with Crippen molar-refractivity contribution in [2.24, 2.45) is 0 Å². The number of hydrogen-bond donors (Lipinski definition) is 0. The fourth-order valence-corrected chi connectivity index (χ4v) is 5.31. The van der Waals surface area contributed by atoms with Gasteiger partial charge in [-0.3, -0.25) is 8.97 Å². The Morgan fingerprint density at radius 2 is 2.03 bits per heavy atom. The third-order valence-electron chi connectivity index (χ3n) is 4.52. The Hall–Kier alpha value is -2.93. The first-order valence-corrected chi connectivity index (χ1v) is 10.9. The summed E-state index contributed by atoms with van der Waals surface area (Å²) in [6, 6.07) is 17.8. The molecule has 0 saturated carbocycles. The minimum absolute atomic E-state index is 0.296. The van der Waals surface area contributed by atoms with Crippen LogP contribution < -0.4 is 4.74 Å². The predicted octanol–water partition coefficient (Wildman–Crippen LogP) is 5.24. The van der Waals surface area contributed by atoms with E-state index in [1.807, 2.05) is 57.5 Å². The lowest BCUT2D eigenvalue weighted by Gasteiger charge is -2.09. The second-order valence-electron chi connectivity index (χ2n) is 6.16. The van der Waals surface area contributed by atoms with E-state index < -0.39 is 0 Å². The van der Waals surface area contributed by atoms with Crippen molar-refractivity contribution in [1.29, 1.82) is 5.26 Å². The quantitative estimate of drug-likeness (QED) is 0.218. The number of aromatic nitrogens is 4. The van der Waals surface area contributed by atoms with E-state index in [9.17, 15) is 0 Å². The van der Waals surface area contributed by atoms with Crippen molar-refractivity contribution in [3.05, 3.63) is 52.5 Å². The Morgan fingerprint density at radius 1 is 1.17 bits per heavy atom. The molecule has 3 heterocycles. The molecule has 0 saturated heterocycles. The molecule has 0 aliphatic heterocycles. The van der Waals surface area contributed by atoms with Crippen LogP contribution in [0.3, 0.4) is 0 Å². The molecule has 0 radical (unpaired) electrons. The molecule has 9 heteroatoms. The monoisotopic (exact) mass is 435 g/mol. The predicted molar refractivity (Wildman–Crippen MR) is 119 cm³/mol. The highest BCUT2D eigenvalue weighted by molar-refractivity contribution is 7.99. The maximum atomic E-state index is 9.11. The van der Waals surface area contributed by atoms with Gasteiger partial charge in [0.25, 0.3) is 0 Å². The highest BCUT2D eigenvalue weighted by atomic mass is 32.2. The second-order valence-corrected chi connectivity index (χ2v) is 8.74. The normalized spacial score (nSPS) is 11.3. The summed E-state index contributed by atoms with van der Waals surface area (Å²) in [6.45, 7) is 0. The Morgan fingerprint density at radius 3 is 2.86 bits per heavy atom. The second kappa shape index (κ2) is 7.15. The number of ether oxygens (including phenoxy) is 1. The van der Waals surface area contributed by atoms with Crippen LogP contribution in [0.2, 0.25) is 0 Å². The Labute approximate surface area is 179 Å². The van der Waals surface area contributed by atoms with Gasteiger partial charge < -0.3 is 4.74 Å². The molecule has 0 N–H and O–H groups in total. The van der Waals surface area contributed by atoms with Gasteiger partial charge in [0, 0.05) is 6.07 Å². The number of imidazole rings is 1. The Kier molecular flexibility index (Phi) is 4.47. The van der Waals surface area contributed by atoms with Crippen LogP contribution in [0.1, 0.15) is 0 Å². The average Bonchev–Trinajstić information content (AvgIpc) is 3.29. The number of hydrogen-bond acceptors (Lipinski definition) is 7. The number of rotatable bonds is 4. The molecule has 142 valence electrons. The van der Waals surface area contributed by atoms with Crippen molar-refractivity contribution < 1.29 is 4.74 Å². The van der Waals surface area contributed by atoms with Gasteiger partial charge in [0.1, 0.15) is 10.4 Å². The van der Waals surface area contributed by atoms with Crippen molar-refractivity contribution in [2.75, 3.05) is 12.9 Å². The van der Waals surface area contributed by atoms with E-state index >= 15 is 0 Å². The molecule has 5 rings (SSSR count). The molecule has 0 aliphatic carbocycles. The van der Waals surface area contributed by atoms with Crippen molar-refractivity contribution in [3.63, 3.8) is 0 Å². The topological polar surface area (TPSA) is 68.1 Å². The summed E-state index contributed by atoms with van der Waals surface area (Å²) < 4.78 is 10.9. The van der Waals surface area contributed by atoms with Gasteiger partial charge in [0.15, 0.2) is 20.4 Å². The molecule has 0 amide bonds. The molecule has 0 spiro atoms. The summed E-state index contributed by atoms with van der Waals surface area (Å²) in [5, 5.41) is 9.83. The Balaban J connectivity index is 1.90. The first-order valence-electron chi connectivity index (χ1n) is 8.68. The van der Waals surface area contributed by atoms with E-state index in [-0.39, 0.29) is 0 Å². The molecule has 0 aliphatic rings. The van der Waals surface area contributed by atoms with Crippen LogP contribution in [0.4, 0.5) is 0 Å². The van der Waals surface area contributed by atoms with Crippen LogP contribution in [0.5, 0.6) is 5.75 Å². The van der Waals surface area contributed by atoms with Crippen LogP contribution in [0, 0.1) is 15.3 Å². The van der Waals surface area contributed by atoms with Crippen molar-refractivity contribution in [3.8, 4) is 17.5 Å². The third kappa shape index (κ3) is 2.88. The number of nitrogens with zero attached hydrogens (tertiary/aromatic N) is 5. The zero-order valence-corrected chi connectivity index (χ0v) is 17.6. The van der Waals surface area contributed by atoms with Crippen LogP contribution in [0.15, 0.2) is 53.7 Å². The van der Waals surface area contributed by atoms with Crippen LogP contribution in [-0.4, -0.2) is 31.8 Å². The number of para-hydroxylation sites is 2. The molecule has 3 aromatic heterocycles. The number of benzene rings is 2. The molecule has 0 bridgehead atoms. The first-order chi connectivity index (χ1) is 14.2. The largest absolute Gasteiger partial charge is 0.497 e. The maximum Gasteiger partial charge on any atom is 0.177 e. The molecule has 0 unspecified atom stereocenters. The summed E-state index contributed by atoms with van der Waals surface area (Å²) in [6.07, 6.45) is 0. The molecule has 0 atom stereocenters. The van der Waals surface area contributed by atoms with Gasteiger partial charge >= 0.3 is 0 Å². The first kappa shape index (κ1) is 18.1. The van der Waals surface area contributed by atoms with Crippen molar-refractivity contribution >= 4 is 62.3 Å². The summed E-state index contributed by atoms with van der Waals surface area (Å²) >= 11 is 8.56. The lowest BCUT2D eigenvalue weighted by molar-refractivity contribution is 0.414. The minimum atomic E-state index is 0.296. The Bertz CT molecular complexity index is 1490. The van der Waals surface area contributed by atoms with Crippen molar-refractivity contribution in [1.82, 2.24) is 18.9 Å². The van der Waals surface area contributed by atoms with E-state index in [0.29, 0.717) is 14.9 Å². The smallest absolute Gasteiger partial charge is 0.177 e. The fourth-order valence-electron chi connectivity index (χ4n) is 3.30. The van der Waals surface area contributed by atoms with E-state index in [1.165, 1.54) is 23.1 Å². The van der Waals surface area contributed by atoms with Gasteiger partial charge in [0.2, 0.25) is 0 Å². The molecular formula is C20H13N5OS3. The lowest BCUT2D eigenvalue weighted by atomic mass is 10.3. The van der Waals surface area contributed by atoms with E-state index in [4.69, 9.17) is 32.2 Å². The summed E-state index contributed by atoms with van der Waals surface area (Å²) in [4.78, 5) is 9.76. The number of methoxy groups -OCH3 is 1. The van der Waals surface area contributed by atoms with E-state index in [1.54, 1.807) is 7.11 Å². The minimum Gasteiger partial charge on any atom is -0.497 e. The van der Waals surface area contributed by atoms with Gasteiger partial charge in [-0.25, -0.2) is 9.97 Å². The highest BCUT2D eigenvalue weighted by Crippen LogP contribution is 2.34. The SMILES string of the molecule is COc1cccc(-n2c(=S)sc3c2nc(SCC#N)n2c4ccccc4nc32)c1. The van der Waals surface area contributed by atoms with Gasteiger partial charge in [-0.1, -0.05) is 41.3 Å². The van der Waals surface area contributed by atoms with Crippen LogP contribution >= 0.6 is 35.3 Å². The average molecular weight is 436 g/mol. The van der Waals surface area contributed by atoms with Gasteiger partial charge in [-0.15, -0.1) is 0 Å². The molecule has 5 aromatic rings. The zero-order chi connectivity index (χ0) is 20.0. The van der Waals surface area contributed by atoms with Gasteiger partial charge in [-0.2, -0.15) is 5.26 Å². The highest BCUT2D eigenvalue weighted by Gasteiger charge is 2.19. The molecule has 6 nitrogen and oxygen atoms in total. The lowest BCUT2D eigenvalue weighted by Crippen LogP contribution is -2.01. The maximum absolute atomic E-state index is 9.11. The van der Waals surface area contributed by atoms with Gasteiger partial charge in [0.05, 0.1) is 35.7 Å².